The molecule has 1 N–H and O–H groups in total. The van der Waals surface area contributed by atoms with Crippen molar-refractivity contribution in [1.82, 2.24) is 9.55 Å². The number of nitrogens with zero attached hydrogens (tertiary/aromatic N) is 2. The molecule has 1 aromatic heterocycles. The summed E-state index contributed by atoms with van der Waals surface area (Å²) in [5, 5.41) is 11.7. The summed E-state index contributed by atoms with van der Waals surface area (Å²) in [6.45, 7) is 8.42. The van der Waals surface area contributed by atoms with Gasteiger partial charge in [-0.25, -0.2) is 22.2 Å². The van der Waals surface area contributed by atoms with Crippen molar-refractivity contribution in [2.75, 3.05) is 6.26 Å². The standard InChI is InChI=1S/C30H29Cl3F2N2O3S/c1-7-19-22(34)11-17(12-25(19)41(6,39)40)16-8-9-24(23(35)10-16)37-15-26(30(4,5)38)36-28(37)29(2,3)27-20(32)13-18(31)14-21(27)33/h8-15,38H,7H2,1-6H3. The van der Waals surface area contributed by atoms with Gasteiger partial charge in [-0.15, -0.1) is 0 Å². The van der Waals surface area contributed by atoms with E-state index < -0.39 is 32.5 Å². The van der Waals surface area contributed by atoms with E-state index in [2.05, 4.69) is 4.98 Å². The third-order valence-corrected chi connectivity index (χ3v) is 8.95. The Morgan fingerprint density at radius 3 is 2.02 bits per heavy atom. The van der Waals surface area contributed by atoms with Gasteiger partial charge < -0.3 is 5.11 Å². The topological polar surface area (TPSA) is 72.2 Å². The van der Waals surface area contributed by atoms with Crippen LogP contribution in [0.25, 0.3) is 16.8 Å². The Bertz CT molecular complexity index is 1760. The van der Waals surface area contributed by atoms with Crippen LogP contribution in [0, 0.1) is 11.6 Å². The van der Waals surface area contributed by atoms with Crippen molar-refractivity contribution in [3.63, 3.8) is 0 Å². The predicted molar refractivity (Wildman–Crippen MR) is 160 cm³/mol. The van der Waals surface area contributed by atoms with E-state index in [1.807, 2.05) is 13.8 Å². The minimum absolute atomic E-state index is 0.0808. The third kappa shape index (κ3) is 6.04. The molecule has 0 aliphatic rings. The number of imidazole rings is 1. The number of rotatable bonds is 7. The van der Waals surface area contributed by atoms with Crippen LogP contribution in [0.3, 0.4) is 0 Å². The molecule has 218 valence electrons. The van der Waals surface area contributed by atoms with Gasteiger partial charge in [0, 0.05) is 38.6 Å². The number of hydrogen-bond acceptors (Lipinski definition) is 4. The zero-order valence-corrected chi connectivity index (χ0v) is 26.4. The summed E-state index contributed by atoms with van der Waals surface area (Å²) in [4.78, 5) is 4.55. The molecule has 1 heterocycles. The van der Waals surface area contributed by atoms with Crippen LogP contribution >= 0.6 is 34.8 Å². The quantitative estimate of drug-likeness (QED) is 0.220. The van der Waals surface area contributed by atoms with Gasteiger partial charge in [0.1, 0.15) is 23.1 Å². The van der Waals surface area contributed by atoms with Gasteiger partial charge in [0.2, 0.25) is 0 Å². The second-order valence-corrected chi connectivity index (χ2v) is 14.2. The van der Waals surface area contributed by atoms with Gasteiger partial charge >= 0.3 is 0 Å². The summed E-state index contributed by atoms with van der Waals surface area (Å²) in [5.74, 6) is -1.03. The van der Waals surface area contributed by atoms with Crippen LogP contribution in [0.2, 0.25) is 15.1 Å². The first-order valence-electron chi connectivity index (χ1n) is 12.7. The largest absolute Gasteiger partial charge is 0.384 e. The third-order valence-electron chi connectivity index (χ3n) is 6.97. The van der Waals surface area contributed by atoms with E-state index in [-0.39, 0.29) is 39.4 Å². The fourth-order valence-electron chi connectivity index (χ4n) is 4.88. The maximum Gasteiger partial charge on any atom is 0.175 e. The van der Waals surface area contributed by atoms with E-state index in [1.165, 1.54) is 35.0 Å². The average Bonchev–Trinajstić information content (AvgIpc) is 3.29. The molecule has 0 atom stereocenters. The molecule has 4 aromatic rings. The maximum absolute atomic E-state index is 15.9. The zero-order valence-electron chi connectivity index (χ0n) is 23.3. The molecule has 0 bridgehead atoms. The number of aliphatic hydroxyl groups is 1. The molecule has 4 rings (SSSR count). The second kappa shape index (κ2) is 11.0. The van der Waals surface area contributed by atoms with E-state index in [0.717, 1.165) is 6.26 Å². The van der Waals surface area contributed by atoms with E-state index >= 15 is 4.39 Å². The molecule has 0 saturated carbocycles. The molecule has 0 aliphatic heterocycles. The Hall–Kier alpha value is -2.49. The number of sulfone groups is 1. The van der Waals surface area contributed by atoms with Crippen molar-refractivity contribution in [3.8, 4) is 16.8 Å². The maximum atomic E-state index is 15.9. The Labute approximate surface area is 253 Å². The van der Waals surface area contributed by atoms with Crippen molar-refractivity contribution in [2.24, 2.45) is 0 Å². The molecular formula is C30H29Cl3F2N2O3S. The first-order valence-corrected chi connectivity index (χ1v) is 15.7. The average molecular weight is 642 g/mol. The van der Waals surface area contributed by atoms with E-state index in [4.69, 9.17) is 34.8 Å². The molecule has 0 amide bonds. The van der Waals surface area contributed by atoms with Gasteiger partial charge in [0.25, 0.3) is 0 Å². The molecule has 0 fully saturated rings. The van der Waals surface area contributed by atoms with Gasteiger partial charge in [-0.2, -0.15) is 0 Å². The van der Waals surface area contributed by atoms with Crippen LogP contribution in [0.4, 0.5) is 8.78 Å². The summed E-state index contributed by atoms with van der Waals surface area (Å²) in [5.41, 5.74) is -0.889. The molecule has 0 unspecified atom stereocenters. The minimum Gasteiger partial charge on any atom is -0.384 e. The lowest BCUT2D eigenvalue weighted by Crippen LogP contribution is -2.25. The monoisotopic (exact) mass is 640 g/mol. The summed E-state index contributed by atoms with van der Waals surface area (Å²) >= 11 is 19.2. The molecule has 0 aliphatic carbocycles. The van der Waals surface area contributed by atoms with Crippen molar-refractivity contribution in [1.29, 1.82) is 0 Å². The number of aromatic nitrogens is 2. The fourth-order valence-corrected chi connectivity index (χ4v) is 7.20. The normalized spacial score (nSPS) is 12.7. The van der Waals surface area contributed by atoms with Crippen LogP contribution in [-0.4, -0.2) is 29.3 Å². The SMILES string of the molecule is CCc1c(F)cc(-c2ccc(-n3cc(C(C)(C)O)nc3C(C)(C)c3c(Cl)cc(Cl)cc3Cl)c(F)c2)cc1S(C)(=O)=O. The molecule has 3 aromatic carbocycles. The van der Waals surface area contributed by atoms with Crippen molar-refractivity contribution in [2.45, 2.75) is 57.0 Å². The number of hydrogen-bond donors (Lipinski definition) is 1. The summed E-state index contributed by atoms with van der Waals surface area (Å²) in [6, 6.07) is 9.91. The summed E-state index contributed by atoms with van der Waals surface area (Å²) < 4.78 is 57.0. The highest BCUT2D eigenvalue weighted by atomic mass is 35.5. The van der Waals surface area contributed by atoms with Gasteiger partial charge in [0.05, 0.1) is 21.7 Å². The molecule has 0 spiro atoms. The van der Waals surface area contributed by atoms with Crippen LogP contribution in [0.5, 0.6) is 0 Å². The number of benzene rings is 3. The Morgan fingerprint density at radius 2 is 1.51 bits per heavy atom. The van der Waals surface area contributed by atoms with Crippen LogP contribution in [-0.2, 0) is 27.3 Å². The highest BCUT2D eigenvalue weighted by Crippen LogP contribution is 2.43. The minimum atomic E-state index is -3.73. The highest BCUT2D eigenvalue weighted by Gasteiger charge is 2.36. The number of halogens is 5. The van der Waals surface area contributed by atoms with Gasteiger partial charge in [-0.1, -0.05) is 47.8 Å². The smallest absolute Gasteiger partial charge is 0.175 e. The fraction of sp³-hybridized carbons (Fsp3) is 0.300. The molecule has 11 heteroatoms. The molecule has 5 nitrogen and oxygen atoms in total. The lowest BCUT2D eigenvalue weighted by molar-refractivity contribution is 0.0740. The molecule has 0 radical (unpaired) electrons. The van der Waals surface area contributed by atoms with Crippen LogP contribution in [0.15, 0.2) is 53.6 Å². The molecular weight excluding hydrogens is 613 g/mol. The lowest BCUT2D eigenvalue weighted by atomic mass is 9.83. The van der Waals surface area contributed by atoms with E-state index in [1.54, 1.807) is 39.0 Å². The Morgan fingerprint density at radius 1 is 0.927 bits per heavy atom. The van der Waals surface area contributed by atoms with Crippen molar-refractivity contribution in [3.05, 3.63) is 98.0 Å². The second-order valence-electron chi connectivity index (χ2n) is 11.0. The Balaban J connectivity index is 1.92. The first-order chi connectivity index (χ1) is 18.9. The molecule has 0 saturated heterocycles. The van der Waals surface area contributed by atoms with Crippen LogP contribution < -0.4 is 0 Å². The van der Waals surface area contributed by atoms with Gasteiger partial charge in [-0.3, -0.25) is 4.57 Å². The lowest BCUT2D eigenvalue weighted by Gasteiger charge is -2.28. The van der Waals surface area contributed by atoms with Gasteiger partial charge in [0.15, 0.2) is 9.84 Å². The summed E-state index contributed by atoms with van der Waals surface area (Å²) in [7, 11) is -3.73. The summed E-state index contributed by atoms with van der Waals surface area (Å²) in [6.07, 6.45) is 2.73. The first kappa shape index (κ1) is 31.4. The van der Waals surface area contributed by atoms with Gasteiger partial charge in [-0.05, 0) is 81.6 Å². The highest BCUT2D eigenvalue weighted by molar-refractivity contribution is 7.90. The van der Waals surface area contributed by atoms with Crippen molar-refractivity contribution < 1.29 is 22.3 Å². The van der Waals surface area contributed by atoms with Crippen LogP contribution in [0.1, 0.15) is 57.3 Å². The van der Waals surface area contributed by atoms with Crippen molar-refractivity contribution >= 4 is 44.6 Å². The van der Waals surface area contributed by atoms with E-state index in [0.29, 0.717) is 26.5 Å². The predicted octanol–water partition coefficient (Wildman–Crippen LogP) is 8.30. The van der Waals surface area contributed by atoms with E-state index in [9.17, 15) is 17.9 Å². The zero-order chi connectivity index (χ0) is 30.7. The Kier molecular flexibility index (Phi) is 8.41. The molecule has 41 heavy (non-hydrogen) atoms.